The zero-order chi connectivity index (χ0) is 20.1. The second-order valence-corrected chi connectivity index (χ2v) is 8.16. The highest BCUT2D eigenvalue weighted by molar-refractivity contribution is 14.1. The summed E-state index contributed by atoms with van der Waals surface area (Å²) in [4.78, 5) is 16.6. The molecule has 2 aromatic rings. The number of hydrogen-bond donors (Lipinski definition) is 0. The molecule has 0 aliphatic carbocycles. The summed E-state index contributed by atoms with van der Waals surface area (Å²) < 4.78 is 18.5. The number of unbranched alkanes of at least 4 members (excludes halogenated alkanes) is 1. The SMILES string of the molecule is CCCCOc1c(I)cc(/C=C2\N=C(c3ccc(Br)cc3)OC2=O)cc1OC. The first-order chi connectivity index (χ1) is 13.5. The molecule has 146 valence electrons. The number of carbonyl (C=O) groups excluding carboxylic acids is 1. The Kier molecular flexibility index (Phi) is 7.12. The fourth-order valence-electron chi connectivity index (χ4n) is 2.56. The molecule has 2 aromatic carbocycles. The van der Waals surface area contributed by atoms with E-state index in [1.54, 1.807) is 13.2 Å². The summed E-state index contributed by atoms with van der Waals surface area (Å²) in [7, 11) is 1.60. The lowest BCUT2D eigenvalue weighted by Crippen LogP contribution is -2.05. The van der Waals surface area contributed by atoms with Crippen molar-refractivity contribution in [2.45, 2.75) is 19.8 Å². The van der Waals surface area contributed by atoms with Crippen LogP contribution in [0.3, 0.4) is 0 Å². The first-order valence-electron chi connectivity index (χ1n) is 8.80. The van der Waals surface area contributed by atoms with Gasteiger partial charge in [0.25, 0.3) is 0 Å². The third-order valence-corrected chi connectivity index (χ3v) is 5.34. The Balaban J connectivity index is 1.88. The molecule has 0 amide bonds. The molecule has 0 unspecified atom stereocenters. The van der Waals surface area contributed by atoms with Gasteiger partial charge < -0.3 is 14.2 Å². The van der Waals surface area contributed by atoms with Crippen LogP contribution in [0.5, 0.6) is 11.5 Å². The maximum atomic E-state index is 12.2. The number of cyclic esters (lactones) is 1. The second kappa shape index (κ2) is 9.56. The molecule has 0 bridgehead atoms. The number of rotatable bonds is 7. The van der Waals surface area contributed by atoms with Crippen molar-refractivity contribution in [3.8, 4) is 11.5 Å². The lowest BCUT2D eigenvalue weighted by atomic mass is 10.1. The number of aliphatic imine (C=N–C) groups is 1. The van der Waals surface area contributed by atoms with Gasteiger partial charge in [-0.1, -0.05) is 29.3 Å². The molecular weight excluding hydrogens is 537 g/mol. The van der Waals surface area contributed by atoms with Gasteiger partial charge in [0, 0.05) is 10.0 Å². The van der Waals surface area contributed by atoms with E-state index in [0.29, 0.717) is 24.0 Å². The molecule has 0 N–H and O–H groups in total. The van der Waals surface area contributed by atoms with Crippen molar-refractivity contribution in [3.05, 3.63) is 61.3 Å². The van der Waals surface area contributed by atoms with Crippen molar-refractivity contribution < 1.29 is 19.0 Å². The number of halogens is 2. The summed E-state index contributed by atoms with van der Waals surface area (Å²) in [5, 5.41) is 0. The maximum absolute atomic E-state index is 12.2. The molecule has 0 aromatic heterocycles. The third kappa shape index (κ3) is 4.94. The quantitative estimate of drug-likeness (QED) is 0.193. The zero-order valence-corrected chi connectivity index (χ0v) is 19.2. The van der Waals surface area contributed by atoms with Crippen molar-refractivity contribution in [2.75, 3.05) is 13.7 Å². The highest BCUT2D eigenvalue weighted by atomic mass is 127. The molecule has 1 heterocycles. The average Bonchev–Trinajstić information content (AvgIpc) is 3.04. The van der Waals surface area contributed by atoms with E-state index >= 15 is 0 Å². The number of esters is 1. The van der Waals surface area contributed by atoms with Crippen molar-refractivity contribution in [1.82, 2.24) is 0 Å². The Morgan fingerprint density at radius 1 is 1.25 bits per heavy atom. The Morgan fingerprint density at radius 2 is 2.00 bits per heavy atom. The Morgan fingerprint density at radius 3 is 2.68 bits per heavy atom. The summed E-state index contributed by atoms with van der Waals surface area (Å²) in [6.45, 7) is 2.75. The van der Waals surface area contributed by atoms with E-state index in [-0.39, 0.29) is 5.70 Å². The molecule has 1 aliphatic heterocycles. The van der Waals surface area contributed by atoms with Gasteiger partial charge in [-0.15, -0.1) is 0 Å². The summed E-state index contributed by atoms with van der Waals surface area (Å²) in [5.41, 5.74) is 1.78. The van der Waals surface area contributed by atoms with Gasteiger partial charge in [-0.25, -0.2) is 9.79 Å². The zero-order valence-electron chi connectivity index (χ0n) is 15.5. The lowest BCUT2D eigenvalue weighted by molar-refractivity contribution is -0.129. The van der Waals surface area contributed by atoms with Crippen LogP contribution in [0.2, 0.25) is 0 Å². The standard InChI is InChI=1S/C21H19BrINO4/c1-3-4-9-27-19-16(23)10-13(12-18(19)26-2)11-17-21(25)28-20(24-17)14-5-7-15(22)8-6-14/h5-8,10-12H,3-4,9H2,1-2H3/b17-11-. The summed E-state index contributed by atoms with van der Waals surface area (Å²) in [5.74, 6) is 1.16. The normalized spacial score (nSPS) is 14.8. The number of ether oxygens (including phenoxy) is 3. The highest BCUT2D eigenvalue weighted by Crippen LogP contribution is 2.35. The molecule has 0 saturated heterocycles. The highest BCUT2D eigenvalue weighted by Gasteiger charge is 2.24. The van der Waals surface area contributed by atoms with Crippen LogP contribution in [0, 0.1) is 3.57 Å². The van der Waals surface area contributed by atoms with Crippen LogP contribution in [-0.2, 0) is 9.53 Å². The van der Waals surface area contributed by atoms with Gasteiger partial charge in [0.2, 0.25) is 5.90 Å². The van der Waals surface area contributed by atoms with E-state index in [1.165, 1.54) is 0 Å². The molecule has 7 heteroatoms. The first kappa shape index (κ1) is 20.9. The summed E-state index contributed by atoms with van der Waals surface area (Å²) in [6.07, 6.45) is 3.73. The van der Waals surface area contributed by atoms with Crippen molar-refractivity contribution >= 4 is 56.5 Å². The molecular formula is C21H19BrINO4. The molecule has 5 nitrogen and oxygen atoms in total. The minimum Gasteiger partial charge on any atom is -0.493 e. The van der Waals surface area contributed by atoms with Crippen molar-refractivity contribution in [3.63, 3.8) is 0 Å². The lowest BCUT2D eigenvalue weighted by Gasteiger charge is -2.13. The van der Waals surface area contributed by atoms with Crippen LogP contribution >= 0.6 is 38.5 Å². The minimum absolute atomic E-state index is 0.246. The van der Waals surface area contributed by atoms with Gasteiger partial charge in [-0.2, -0.15) is 0 Å². The monoisotopic (exact) mass is 555 g/mol. The van der Waals surface area contributed by atoms with Gasteiger partial charge >= 0.3 is 5.97 Å². The Labute approximate surface area is 186 Å². The smallest absolute Gasteiger partial charge is 0.363 e. The van der Waals surface area contributed by atoms with Crippen LogP contribution in [0.1, 0.15) is 30.9 Å². The third-order valence-electron chi connectivity index (χ3n) is 4.01. The number of carbonyl (C=O) groups is 1. The van der Waals surface area contributed by atoms with Gasteiger partial charge in [-0.3, -0.25) is 0 Å². The van der Waals surface area contributed by atoms with E-state index in [4.69, 9.17) is 14.2 Å². The van der Waals surface area contributed by atoms with Gasteiger partial charge in [-0.05, 0) is 77.0 Å². The average molecular weight is 556 g/mol. The van der Waals surface area contributed by atoms with Crippen LogP contribution in [0.4, 0.5) is 0 Å². The molecule has 0 saturated carbocycles. The Bertz CT molecular complexity index is 938. The molecule has 0 atom stereocenters. The van der Waals surface area contributed by atoms with Crippen LogP contribution in [-0.4, -0.2) is 25.6 Å². The van der Waals surface area contributed by atoms with E-state index in [9.17, 15) is 4.79 Å². The molecule has 3 rings (SSSR count). The van der Waals surface area contributed by atoms with Crippen LogP contribution in [0.25, 0.3) is 6.08 Å². The van der Waals surface area contributed by atoms with Gasteiger partial charge in [0.15, 0.2) is 17.2 Å². The van der Waals surface area contributed by atoms with E-state index < -0.39 is 5.97 Å². The predicted molar refractivity (Wildman–Crippen MR) is 121 cm³/mol. The molecule has 0 spiro atoms. The molecule has 1 aliphatic rings. The minimum atomic E-state index is -0.477. The molecule has 0 fully saturated rings. The van der Waals surface area contributed by atoms with Crippen LogP contribution in [0.15, 0.2) is 51.6 Å². The van der Waals surface area contributed by atoms with Gasteiger partial charge in [0.1, 0.15) is 0 Å². The van der Waals surface area contributed by atoms with E-state index in [1.807, 2.05) is 36.4 Å². The second-order valence-electron chi connectivity index (χ2n) is 6.08. The number of methoxy groups -OCH3 is 1. The first-order valence-corrected chi connectivity index (χ1v) is 10.7. The number of hydrogen-bond acceptors (Lipinski definition) is 5. The molecule has 0 radical (unpaired) electrons. The Hall–Kier alpha value is -1.87. The number of nitrogens with zero attached hydrogens (tertiary/aromatic N) is 1. The summed E-state index contributed by atoms with van der Waals surface area (Å²) in [6, 6.07) is 11.2. The maximum Gasteiger partial charge on any atom is 0.363 e. The predicted octanol–water partition coefficient (Wildman–Crippen LogP) is 5.59. The van der Waals surface area contributed by atoms with Gasteiger partial charge in [0.05, 0.1) is 17.3 Å². The largest absolute Gasteiger partial charge is 0.493 e. The summed E-state index contributed by atoms with van der Waals surface area (Å²) >= 11 is 5.59. The topological polar surface area (TPSA) is 57.1 Å². The fourth-order valence-corrected chi connectivity index (χ4v) is 3.61. The number of benzene rings is 2. The van der Waals surface area contributed by atoms with E-state index in [0.717, 1.165) is 32.0 Å². The molecule has 28 heavy (non-hydrogen) atoms. The van der Waals surface area contributed by atoms with Crippen molar-refractivity contribution in [2.24, 2.45) is 4.99 Å². The van der Waals surface area contributed by atoms with Crippen molar-refractivity contribution in [1.29, 1.82) is 0 Å². The van der Waals surface area contributed by atoms with E-state index in [2.05, 4.69) is 50.4 Å². The fraction of sp³-hybridized carbons (Fsp3) is 0.238. The van der Waals surface area contributed by atoms with Crippen LogP contribution < -0.4 is 9.47 Å².